The van der Waals surface area contributed by atoms with Crippen molar-refractivity contribution in [1.29, 1.82) is 0 Å². The van der Waals surface area contributed by atoms with Crippen molar-refractivity contribution in [2.45, 2.75) is 54.4 Å². The predicted molar refractivity (Wildman–Crippen MR) is 62.1 cm³/mol. The molecule has 4 atom stereocenters. The van der Waals surface area contributed by atoms with E-state index < -0.39 is 0 Å². The zero-order chi connectivity index (χ0) is 10.7. The molecule has 3 aliphatic carbocycles. The van der Waals surface area contributed by atoms with Gasteiger partial charge in [-0.25, -0.2) is 0 Å². The van der Waals surface area contributed by atoms with E-state index in [1.165, 1.54) is 12.8 Å². The Kier molecular flexibility index (Phi) is 2.08. The van der Waals surface area contributed by atoms with E-state index in [4.69, 9.17) is 0 Å². The average molecular weight is 194 g/mol. The van der Waals surface area contributed by atoms with Crippen molar-refractivity contribution in [1.82, 2.24) is 0 Å². The maximum absolute atomic E-state index is 2.50. The van der Waals surface area contributed by atoms with Crippen LogP contribution in [0.3, 0.4) is 0 Å². The van der Waals surface area contributed by atoms with E-state index in [1.54, 1.807) is 0 Å². The molecule has 0 aliphatic heterocycles. The Morgan fingerprint density at radius 2 is 1.64 bits per heavy atom. The molecule has 0 spiro atoms. The van der Waals surface area contributed by atoms with Gasteiger partial charge < -0.3 is 0 Å². The zero-order valence-electron chi connectivity index (χ0n) is 10.7. The Bertz CT molecular complexity index is 231. The second-order valence-corrected chi connectivity index (χ2v) is 7.43. The molecule has 0 heterocycles. The van der Waals surface area contributed by atoms with Crippen LogP contribution in [0.1, 0.15) is 54.4 Å². The van der Waals surface area contributed by atoms with Gasteiger partial charge in [0.1, 0.15) is 0 Å². The van der Waals surface area contributed by atoms with E-state index >= 15 is 0 Å². The Labute approximate surface area is 89.5 Å². The van der Waals surface area contributed by atoms with Gasteiger partial charge in [0, 0.05) is 0 Å². The highest BCUT2D eigenvalue weighted by Crippen LogP contribution is 2.65. The molecule has 0 amide bonds. The normalized spacial score (nSPS) is 45.9. The molecular formula is C14H26. The van der Waals surface area contributed by atoms with Gasteiger partial charge in [-0.15, -0.1) is 0 Å². The van der Waals surface area contributed by atoms with Gasteiger partial charge in [-0.05, 0) is 47.3 Å². The minimum Gasteiger partial charge on any atom is -0.0619 e. The summed E-state index contributed by atoms with van der Waals surface area (Å²) in [5.74, 6) is 3.92. The molecule has 0 saturated heterocycles. The molecule has 3 aliphatic rings. The van der Waals surface area contributed by atoms with Crippen LogP contribution < -0.4 is 0 Å². The van der Waals surface area contributed by atoms with E-state index in [1.807, 2.05) is 0 Å². The molecule has 0 aromatic carbocycles. The predicted octanol–water partition coefficient (Wildman–Crippen LogP) is 4.35. The van der Waals surface area contributed by atoms with Crippen LogP contribution in [0.5, 0.6) is 0 Å². The van der Waals surface area contributed by atoms with Gasteiger partial charge in [-0.3, -0.25) is 0 Å². The quantitative estimate of drug-likeness (QED) is 0.538. The number of hydrogen-bond donors (Lipinski definition) is 0. The highest BCUT2D eigenvalue weighted by Gasteiger charge is 2.57. The fourth-order valence-corrected chi connectivity index (χ4v) is 4.29. The van der Waals surface area contributed by atoms with Crippen molar-refractivity contribution in [3.05, 3.63) is 0 Å². The lowest BCUT2D eigenvalue weighted by Crippen LogP contribution is -2.57. The summed E-state index contributed by atoms with van der Waals surface area (Å²) in [6.07, 6.45) is 2.99. The third kappa shape index (κ3) is 1.26. The van der Waals surface area contributed by atoms with Crippen molar-refractivity contribution in [2.24, 2.45) is 34.5 Å². The molecule has 0 unspecified atom stereocenters. The van der Waals surface area contributed by atoms with E-state index in [9.17, 15) is 0 Å². The van der Waals surface area contributed by atoms with E-state index in [0.717, 1.165) is 23.7 Å². The van der Waals surface area contributed by atoms with E-state index in [-0.39, 0.29) is 0 Å². The lowest BCUT2D eigenvalue weighted by molar-refractivity contribution is -0.150. The first-order valence-electron chi connectivity index (χ1n) is 6.24. The van der Waals surface area contributed by atoms with E-state index in [0.29, 0.717) is 10.8 Å². The minimum absolute atomic E-state index is 0.521. The summed E-state index contributed by atoms with van der Waals surface area (Å²) in [4.78, 5) is 0. The summed E-state index contributed by atoms with van der Waals surface area (Å²) in [7, 11) is 0. The van der Waals surface area contributed by atoms with Gasteiger partial charge >= 0.3 is 0 Å². The Morgan fingerprint density at radius 1 is 1.07 bits per heavy atom. The monoisotopic (exact) mass is 194 g/mol. The Balaban J connectivity index is 2.16. The molecule has 0 aromatic heterocycles. The van der Waals surface area contributed by atoms with Crippen LogP contribution >= 0.6 is 0 Å². The summed E-state index contributed by atoms with van der Waals surface area (Å²) in [5, 5.41) is 0. The lowest BCUT2D eigenvalue weighted by Gasteiger charge is -2.64. The average Bonchev–Trinajstić information content (AvgIpc) is 2.01. The van der Waals surface area contributed by atoms with Gasteiger partial charge in [0.25, 0.3) is 0 Å². The molecule has 14 heavy (non-hydrogen) atoms. The SMILES string of the molecule is C[C@H]1[C@H]2C[C@@H](C[C@@H]1C(C)(C)C)C2(C)C. The molecule has 3 saturated carbocycles. The van der Waals surface area contributed by atoms with Crippen molar-refractivity contribution < 1.29 is 0 Å². The second kappa shape index (κ2) is 2.77. The Hall–Kier alpha value is 0. The largest absolute Gasteiger partial charge is 0.0619 e. The standard InChI is InChI=1S/C14H26/c1-9-11(13(2,3)4)7-10-8-12(9)14(10,5)6/h9-12H,7-8H2,1-6H3/t9-,10-,11+,12-/m1/s1. The third-order valence-corrected chi connectivity index (χ3v) is 5.47. The summed E-state index contributed by atoms with van der Waals surface area (Å²) < 4.78 is 0. The molecule has 3 rings (SSSR count). The van der Waals surface area contributed by atoms with Crippen LogP contribution in [0.4, 0.5) is 0 Å². The van der Waals surface area contributed by atoms with Crippen LogP contribution in [-0.2, 0) is 0 Å². The summed E-state index contributed by atoms with van der Waals surface area (Å²) >= 11 is 0. The molecule has 0 heteroatoms. The summed E-state index contributed by atoms with van der Waals surface area (Å²) in [5.41, 5.74) is 1.17. The van der Waals surface area contributed by atoms with Crippen molar-refractivity contribution in [3.63, 3.8) is 0 Å². The van der Waals surface area contributed by atoms with Crippen LogP contribution in [-0.4, -0.2) is 0 Å². The van der Waals surface area contributed by atoms with Gasteiger partial charge in [-0.2, -0.15) is 0 Å². The fourth-order valence-electron chi connectivity index (χ4n) is 4.29. The molecule has 82 valence electrons. The highest BCUT2D eigenvalue weighted by atomic mass is 14.6. The first kappa shape index (κ1) is 10.5. The van der Waals surface area contributed by atoms with Gasteiger partial charge in [0.2, 0.25) is 0 Å². The first-order valence-corrected chi connectivity index (χ1v) is 6.24. The minimum atomic E-state index is 0.521. The lowest BCUT2D eigenvalue weighted by atomic mass is 9.41. The van der Waals surface area contributed by atoms with E-state index in [2.05, 4.69) is 41.5 Å². The Morgan fingerprint density at radius 3 is 2.00 bits per heavy atom. The molecule has 0 nitrogen and oxygen atoms in total. The van der Waals surface area contributed by atoms with Crippen molar-refractivity contribution in [2.75, 3.05) is 0 Å². The van der Waals surface area contributed by atoms with Gasteiger partial charge in [-0.1, -0.05) is 41.5 Å². The molecule has 0 aromatic rings. The van der Waals surface area contributed by atoms with Crippen LogP contribution in [0, 0.1) is 34.5 Å². The van der Waals surface area contributed by atoms with Crippen LogP contribution in [0.15, 0.2) is 0 Å². The number of rotatable bonds is 0. The zero-order valence-corrected chi connectivity index (χ0v) is 10.7. The topological polar surface area (TPSA) is 0 Å². The first-order chi connectivity index (χ1) is 6.24. The molecule has 0 radical (unpaired) electrons. The third-order valence-electron chi connectivity index (χ3n) is 5.47. The van der Waals surface area contributed by atoms with Crippen LogP contribution in [0.2, 0.25) is 0 Å². The van der Waals surface area contributed by atoms with Crippen LogP contribution in [0.25, 0.3) is 0 Å². The molecule has 0 N–H and O–H groups in total. The van der Waals surface area contributed by atoms with Gasteiger partial charge in [0.15, 0.2) is 0 Å². The summed E-state index contributed by atoms with van der Waals surface area (Å²) in [6, 6.07) is 0. The number of hydrogen-bond acceptors (Lipinski definition) is 0. The molecule has 2 bridgehead atoms. The summed E-state index contributed by atoms with van der Waals surface area (Å²) in [6.45, 7) is 14.7. The second-order valence-electron chi connectivity index (χ2n) is 7.43. The van der Waals surface area contributed by atoms with Gasteiger partial charge in [0.05, 0.1) is 0 Å². The van der Waals surface area contributed by atoms with Crippen molar-refractivity contribution >= 4 is 0 Å². The maximum Gasteiger partial charge on any atom is -0.0295 e. The number of fused-ring (bicyclic) bond motifs is 2. The van der Waals surface area contributed by atoms with Crippen molar-refractivity contribution in [3.8, 4) is 0 Å². The molecule has 3 fully saturated rings. The molecular weight excluding hydrogens is 168 g/mol. The maximum atomic E-state index is 2.50. The fraction of sp³-hybridized carbons (Fsp3) is 1.00. The smallest absolute Gasteiger partial charge is 0.0295 e. The highest BCUT2D eigenvalue weighted by molar-refractivity contribution is 5.06.